The van der Waals surface area contributed by atoms with E-state index in [9.17, 15) is 29.4 Å². The van der Waals surface area contributed by atoms with E-state index in [1.165, 1.54) is 9.80 Å². The van der Waals surface area contributed by atoms with Crippen molar-refractivity contribution in [1.29, 1.82) is 0 Å². The molecule has 0 saturated carbocycles. The van der Waals surface area contributed by atoms with Gasteiger partial charge in [-0.15, -0.1) is 0 Å². The SMILES string of the molecule is COc1ccc(CN(CCC(=O)N2CCC[C@@H]2C(=O)O)CCC(=O)N2CCC[C@@H]2C(=O)O)cc1OC. The number of likely N-dealkylation sites (tertiary alicyclic amines) is 2. The molecule has 2 aliphatic heterocycles. The summed E-state index contributed by atoms with van der Waals surface area (Å²) >= 11 is 0. The number of hydrogen-bond donors (Lipinski definition) is 2. The van der Waals surface area contributed by atoms with Crippen molar-refractivity contribution < 1.29 is 38.9 Å². The van der Waals surface area contributed by atoms with E-state index in [0.717, 1.165) is 5.56 Å². The van der Waals surface area contributed by atoms with Crippen LogP contribution in [0.15, 0.2) is 18.2 Å². The fourth-order valence-corrected chi connectivity index (χ4v) is 4.95. The number of aliphatic carboxylic acids is 2. The van der Waals surface area contributed by atoms with Gasteiger partial charge in [-0.05, 0) is 43.4 Å². The molecule has 0 radical (unpaired) electrons. The molecule has 3 rings (SSSR count). The quantitative estimate of drug-likeness (QED) is 0.432. The lowest BCUT2D eigenvalue weighted by atomic mass is 10.1. The van der Waals surface area contributed by atoms with E-state index in [0.29, 0.717) is 69.9 Å². The van der Waals surface area contributed by atoms with Crippen LogP contribution in [0.2, 0.25) is 0 Å². The number of amides is 2. The average Bonchev–Trinajstić information content (AvgIpc) is 3.55. The molecule has 2 N–H and O–H groups in total. The molecule has 2 fully saturated rings. The Morgan fingerprint density at radius 3 is 1.81 bits per heavy atom. The topological polar surface area (TPSA) is 137 Å². The van der Waals surface area contributed by atoms with Crippen LogP contribution in [0.1, 0.15) is 44.1 Å². The van der Waals surface area contributed by atoms with Crippen LogP contribution in [-0.4, -0.2) is 101 Å². The Labute approximate surface area is 210 Å². The van der Waals surface area contributed by atoms with Gasteiger partial charge in [-0.3, -0.25) is 14.5 Å². The molecule has 0 spiro atoms. The molecule has 11 nitrogen and oxygen atoms in total. The molecule has 11 heteroatoms. The summed E-state index contributed by atoms with van der Waals surface area (Å²) in [7, 11) is 3.09. The molecule has 1 aromatic carbocycles. The van der Waals surface area contributed by atoms with Gasteiger partial charge in [0, 0.05) is 45.6 Å². The average molecular weight is 506 g/mol. The number of nitrogens with zero attached hydrogens (tertiary/aromatic N) is 3. The summed E-state index contributed by atoms with van der Waals surface area (Å²) in [5, 5.41) is 18.8. The predicted molar refractivity (Wildman–Crippen MR) is 129 cm³/mol. The zero-order valence-corrected chi connectivity index (χ0v) is 20.9. The molecule has 0 unspecified atom stereocenters. The van der Waals surface area contributed by atoms with E-state index in [-0.39, 0.29) is 24.7 Å². The summed E-state index contributed by atoms with van der Waals surface area (Å²) in [5.41, 5.74) is 0.890. The third-order valence-electron chi connectivity index (χ3n) is 6.85. The Kier molecular flexibility index (Phi) is 9.51. The zero-order chi connectivity index (χ0) is 26.2. The molecule has 0 bridgehead atoms. The van der Waals surface area contributed by atoms with Gasteiger partial charge in [0.2, 0.25) is 11.8 Å². The molecular weight excluding hydrogens is 470 g/mol. The van der Waals surface area contributed by atoms with Gasteiger partial charge in [0.1, 0.15) is 12.1 Å². The molecule has 0 aliphatic carbocycles. The fraction of sp³-hybridized carbons (Fsp3) is 0.600. The Morgan fingerprint density at radius 2 is 1.36 bits per heavy atom. The first-order chi connectivity index (χ1) is 17.2. The van der Waals surface area contributed by atoms with Gasteiger partial charge in [-0.2, -0.15) is 0 Å². The second-order valence-electron chi connectivity index (χ2n) is 9.13. The molecule has 2 heterocycles. The normalized spacial score (nSPS) is 19.5. The first kappa shape index (κ1) is 27.3. The zero-order valence-electron chi connectivity index (χ0n) is 20.9. The van der Waals surface area contributed by atoms with Gasteiger partial charge >= 0.3 is 11.9 Å². The van der Waals surface area contributed by atoms with E-state index in [2.05, 4.69) is 0 Å². The Hall–Kier alpha value is -3.34. The summed E-state index contributed by atoms with van der Waals surface area (Å²) in [6.07, 6.45) is 2.46. The maximum absolute atomic E-state index is 12.8. The first-order valence-corrected chi connectivity index (χ1v) is 12.2. The summed E-state index contributed by atoms with van der Waals surface area (Å²) in [6.45, 7) is 1.92. The predicted octanol–water partition coefficient (Wildman–Crippen LogP) is 1.44. The number of hydrogen-bond acceptors (Lipinski definition) is 7. The van der Waals surface area contributed by atoms with Gasteiger partial charge in [-0.1, -0.05) is 6.07 Å². The third kappa shape index (κ3) is 6.66. The minimum Gasteiger partial charge on any atom is -0.493 e. The van der Waals surface area contributed by atoms with Gasteiger partial charge in [0.15, 0.2) is 11.5 Å². The van der Waals surface area contributed by atoms with Crippen molar-refractivity contribution in [1.82, 2.24) is 14.7 Å². The van der Waals surface area contributed by atoms with Gasteiger partial charge in [-0.25, -0.2) is 9.59 Å². The number of carbonyl (C=O) groups is 4. The van der Waals surface area contributed by atoms with Gasteiger partial charge < -0.3 is 29.5 Å². The standard InChI is InChI=1S/C25H35N3O8/c1-35-20-8-7-17(15-21(20)36-2)16-26(13-9-22(29)27-11-3-5-18(27)24(31)32)14-10-23(30)28-12-4-6-19(28)25(33)34/h7-8,15,18-19H,3-6,9-14,16H2,1-2H3,(H,31,32)(H,33,34)/t18-,19-/m1/s1. The van der Waals surface area contributed by atoms with E-state index in [1.54, 1.807) is 20.3 Å². The lowest BCUT2D eigenvalue weighted by Gasteiger charge is -2.27. The number of benzene rings is 1. The number of carbonyl (C=O) groups excluding carboxylic acids is 2. The second kappa shape index (κ2) is 12.6. The molecule has 2 amide bonds. The molecule has 0 aromatic heterocycles. The van der Waals surface area contributed by atoms with Gasteiger partial charge in [0.25, 0.3) is 0 Å². The highest BCUT2D eigenvalue weighted by Gasteiger charge is 2.35. The number of carboxylic acid groups (broad SMARTS) is 2. The van der Waals surface area contributed by atoms with Crippen molar-refractivity contribution in [2.24, 2.45) is 0 Å². The molecular formula is C25H35N3O8. The Balaban J connectivity index is 1.68. The number of methoxy groups -OCH3 is 2. The van der Waals surface area contributed by atoms with Crippen LogP contribution in [0.25, 0.3) is 0 Å². The number of ether oxygens (including phenoxy) is 2. The van der Waals surface area contributed by atoms with Crippen molar-refractivity contribution in [2.75, 3.05) is 40.4 Å². The molecule has 2 atom stereocenters. The largest absolute Gasteiger partial charge is 0.493 e. The van der Waals surface area contributed by atoms with Crippen LogP contribution in [0.4, 0.5) is 0 Å². The van der Waals surface area contributed by atoms with Crippen LogP contribution in [0.5, 0.6) is 11.5 Å². The Morgan fingerprint density at radius 1 is 0.861 bits per heavy atom. The summed E-state index contributed by atoms with van der Waals surface area (Å²) in [4.78, 5) is 53.4. The highest BCUT2D eigenvalue weighted by atomic mass is 16.5. The van der Waals surface area contributed by atoms with Crippen molar-refractivity contribution in [3.63, 3.8) is 0 Å². The van der Waals surface area contributed by atoms with E-state index >= 15 is 0 Å². The second-order valence-corrected chi connectivity index (χ2v) is 9.13. The van der Waals surface area contributed by atoms with Crippen LogP contribution >= 0.6 is 0 Å². The van der Waals surface area contributed by atoms with Crippen LogP contribution in [-0.2, 0) is 25.7 Å². The molecule has 198 valence electrons. The maximum atomic E-state index is 12.8. The first-order valence-electron chi connectivity index (χ1n) is 12.2. The van der Waals surface area contributed by atoms with E-state index < -0.39 is 24.0 Å². The van der Waals surface area contributed by atoms with Crippen molar-refractivity contribution in [2.45, 2.75) is 57.2 Å². The molecule has 36 heavy (non-hydrogen) atoms. The highest BCUT2D eigenvalue weighted by Crippen LogP contribution is 2.28. The monoisotopic (exact) mass is 505 g/mol. The van der Waals surface area contributed by atoms with Crippen LogP contribution < -0.4 is 9.47 Å². The third-order valence-corrected chi connectivity index (χ3v) is 6.85. The summed E-state index contributed by atoms with van der Waals surface area (Å²) in [5.74, 6) is -1.30. The lowest BCUT2D eigenvalue weighted by molar-refractivity contribution is -0.148. The minimum absolute atomic E-state index is 0.118. The number of carboxylic acids is 2. The van der Waals surface area contributed by atoms with Crippen LogP contribution in [0, 0.1) is 0 Å². The maximum Gasteiger partial charge on any atom is 0.326 e. The molecule has 2 aliphatic rings. The molecule has 2 saturated heterocycles. The fourth-order valence-electron chi connectivity index (χ4n) is 4.95. The van der Waals surface area contributed by atoms with Gasteiger partial charge in [0.05, 0.1) is 14.2 Å². The number of rotatable bonds is 12. The summed E-state index contributed by atoms with van der Waals surface area (Å²) < 4.78 is 10.7. The van der Waals surface area contributed by atoms with Crippen LogP contribution in [0.3, 0.4) is 0 Å². The summed E-state index contributed by atoms with van der Waals surface area (Å²) in [6, 6.07) is 3.91. The highest BCUT2D eigenvalue weighted by molar-refractivity contribution is 5.85. The van der Waals surface area contributed by atoms with E-state index in [4.69, 9.17) is 9.47 Å². The molecule has 1 aromatic rings. The van der Waals surface area contributed by atoms with Crippen molar-refractivity contribution in [3.05, 3.63) is 23.8 Å². The minimum atomic E-state index is -0.993. The Bertz CT molecular complexity index is 921. The smallest absolute Gasteiger partial charge is 0.326 e. The van der Waals surface area contributed by atoms with Crippen molar-refractivity contribution >= 4 is 23.8 Å². The lowest BCUT2D eigenvalue weighted by Crippen LogP contribution is -2.43. The van der Waals surface area contributed by atoms with E-state index in [1.807, 2.05) is 17.0 Å². The van der Waals surface area contributed by atoms with Crippen molar-refractivity contribution in [3.8, 4) is 11.5 Å².